The van der Waals surface area contributed by atoms with Crippen molar-refractivity contribution in [3.8, 4) is 11.4 Å². The van der Waals surface area contributed by atoms with E-state index in [2.05, 4.69) is 16.8 Å². The van der Waals surface area contributed by atoms with E-state index in [4.69, 9.17) is 12.2 Å². The Morgan fingerprint density at radius 3 is 3.00 bits per heavy atom. The SMILES string of the molecule is C=CCn1c(-c2cccc(C)c2[N+](=O)[O-])n[nH]c1=S. The first kappa shape index (κ1) is 13.2. The summed E-state index contributed by atoms with van der Waals surface area (Å²) in [6.45, 7) is 5.78. The van der Waals surface area contributed by atoms with Crippen LogP contribution in [0.1, 0.15) is 5.56 Å². The monoisotopic (exact) mass is 276 g/mol. The second kappa shape index (κ2) is 5.15. The maximum absolute atomic E-state index is 11.2. The number of para-hydroxylation sites is 1. The van der Waals surface area contributed by atoms with Crippen molar-refractivity contribution in [1.29, 1.82) is 0 Å². The number of benzene rings is 1. The van der Waals surface area contributed by atoms with Crippen LogP contribution in [0, 0.1) is 21.8 Å². The van der Waals surface area contributed by atoms with Gasteiger partial charge in [0.25, 0.3) is 5.69 Å². The first-order chi connectivity index (χ1) is 9.06. The number of nitrogens with one attached hydrogen (secondary N) is 1. The minimum absolute atomic E-state index is 0.0433. The summed E-state index contributed by atoms with van der Waals surface area (Å²) in [7, 11) is 0. The Balaban J connectivity index is 2.72. The third-order valence-electron chi connectivity index (χ3n) is 2.73. The summed E-state index contributed by atoms with van der Waals surface area (Å²) in [6, 6.07) is 5.12. The average molecular weight is 276 g/mol. The topological polar surface area (TPSA) is 76.8 Å². The number of aromatic amines is 1. The maximum Gasteiger partial charge on any atom is 0.283 e. The summed E-state index contributed by atoms with van der Waals surface area (Å²) in [4.78, 5) is 10.8. The van der Waals surface area contributed by atoms with Crippen molar-refractivity contribution >= 4 is 17.9 Å². The molecule has 1 N–H and O–H groups in total. The zero-order valence-electron chi connectivity index (χ0n) is 10.3. The number of H-pyrrole nitrogens is 1. The van der Waals surface area contributed by atoms with Crippen molar-refractivity contribution in [1.82, 2.24) is 14.8 Å². The lowest BCUT2D eigenvalue weighted by Crippen LogP contribution is -2.02. The molecule has 0 saturated carbocycles. The third-order valence-corrected chi connectivity index (χ3v) is 3.04. The number of hydrogen-bond donors (Lipinski definition) is 1. The maximum atomic E-state index is 11.2. The van der Waals surface area contributed by atoms with Crippen LogP contribution in [0.3, 0.4) is 0 Å². The quantitative estimate of drug-likeness (QED) is 0.403. The van der Waals surface area contributed by atoms with E-state index >= 15 is 0 Å². The summed E-state index contributed by atoms with van der Waals surface area (Å²) >= 11 is 5.11. The molecular weight excluding hydrogens is 264 g/mol. The van der Waals surface area contributed by atoms with Gasteiger partial charge in [-0.3, -0.25) is 19.8 Å². The molecule has 19 heavy (non-hydrogen) atoms. The van der Waals surface area contributed by atoms with Gasteiger partial charge in [0.1, 0.15) is 0 Å². The third kappa shape index (κ3) is 2.32. The molecule has 1 aromatic heterocycles. The predicted molar refractivity (Wildman–Crippen MR) is 74.4 cm³/mol. The average Bonchev–Trinajstić information content (AvgIpc) is 2.71. The van der Waals surface area contributed by atoms with Gasteiger partial charge in [0, 0.05) is 12.1 Å². The van der Waals surface area contributed by atoms with E-state index in [0.29, 0.717) is 28.3 Å². The number of hydrogen-bond acceptors (Lipinski definition) is 4. The highest BCUT2D eigenvalue weighted by atomic mass is 32.1. The number of nitro groups is 1. The molecule has 7 heteroatoms. The molecule has 0 spiro atoms. The second-order valence-electron chi connectivity index (χ2n) is 3.98. The van der Waals surface area contributed by atoms with Crippen molar-refractivity contribution in [2.24, 2.45) is 0 Å². The number of aryl methyl sites for hydroxylation is 1. The van der Waals surface area contributed by atoms with Crippen LogP contribution in [-0.4, -0.2) is 19.7 Å². The Morgan fingerprint density at radius 1 is 1.63 bits per heavy atom. The summed E-state index contributed by atoms with van der Waals surface area (Å²) in [6.07, 6.45) is 1.66. The first-order valence-corrected chi connectivity index (χ1v) is 5.97. The molecule has 0 fully saturated rings. The van der Waals surface area contributed by atoms with Gasteiger partial charge >= 0.3 is 0 Å². The zero-order chi connectivity index (χ0) is 14.0. The number of nitro benzene ring substituents is 1. The van der Waals surface area contributed by atoms with E-state index in [1.807, 2.05) is 0 Å². The Bertz CT molecular complexity index is 702. The lowest BCUT2D eigenvalue weighted by atomic mass is 10.1. The van der Waals surface area contributed by atoms with Crippen molar-refractivity contribution < 1.29 is 4.92 Å². The summed E-state index contributed by atoms with van der Waals surface area (Å²) in [5, 5.41) is 17.9. The summed E-state index contributed by atoms with van der Waals surface area (Å²) in [5.41, 5.74) is 1.07. The van der Waals surface area contributed by atoms with Crippen LogP contribution in [0.2, 0.25) is 0 Å². The lowest BCUT2D eigenvalue weighted by Gasteiger charge is -2.06. The molecule has 1 aromatic carbocycles. The van der Waals surface area contributed by atoms with E-state index in [1.54, 1.807) is 35.8 Å². The van der Waals surface area contributed by atoms with Gasteiger partial charge in [-0.2, -0.15) is 5.10 Å². The molecule has 0 atom stereocenters. The van der Waals surface area contributed by atoms with E-state index in [0.717, 1.165) is 0 Å². The normalized spacial score (nSPS) is 10.4. The van der Waals surface area contributed by atoms with Gasteiger partial charge in [0.2, 0.25) is 0 Å². The van der Waals surface area contributed by atoms with Crippen LogP contribution in [0.5, 0.6) is 0 Å². The van der Waals surface area contributed by atoms with Gasteiger partial charge in [-0.05, 0) is 25.2 Å². The van der Waals surface area contributed by atoms with Gasteiger partial charge in [-0.15, -0.1) is 6.58 Å². The molecule has 1 heterocycles. The van der Waals surface area contributed by atoms with Crippen molar-refractivity contribution in [3.63, 3.8) is 0 Å². The molecule has 0 unspecified atom stereocenters. The van der Waals surface area contributed by atoms with E-state index in [9.17, 15) is 10.1 Å². The molecule has 0 aliphatic carbocycles. The van der Waals surface area contributed by atoms with Gasteiger partial charge in [0.05, 0.1) is 10.5 Å². The Kier molecular flexibility index (Phi) is 3.57. The van der Waals surface area contributed by atoms with Gasteiger partial charge < -0.3 is 0 Å². The largest absolute Gasteiger partial charge is 0.296 e. The van der Waals surface area contributed by atoms with Crippen molar-refractivity contribution in [2.45, 2.75) is 13.5 Å². The van der Waals surface area contributed by atoms with Crippen LogP contribution in [0.25, 0.3) is 11.4 Å². The molecule has 2 aromatic rings. The standard InChI is InChI=1S/C12H12N4O2S/c1-3-7-15-11(13-14-12(15)19)9-6-4-5-8(2)10(9)16(17)18/h3-6H,1,7H2,2H3,(H,14,19). The van der Waals surface area contributed by atoms with Gasteiger partial charge in [-0.1, -0.05) is 18.2 Å². The predicted octanol–water partition coefficient (Wildman–Crippen LogP) is 3.01. The number of allylic oxidation sites excluding steroid dienone is 1. The van der Waals surface area contributed by atoms with Crippen molar-refractivity contribution in [3.05, 3.63) is 51.3 Å². The highest BCUT2D eigenvalue weighted by Crippen LogP contribution is 2.31. The van der Waals surface area contributed by atoms with Crippen LogP contribution < -0.4 is 0 Å². The molecule has 2 rings (SSSR count). The van der Waals surface area contributed by atoms with Crippen LogP contribution >= 0.6 is 12.2 Å². The van der Waals surface area contributed by atoms with Crippen LogP contribution in [-0.2, 0) is 6.54 Å². The highest BCUT2D eigenvalue weighted by molar-refractivity contribution is 7.71. The highest BCUT2D eigenvalue weighted by Gasteiger charge is 2.21. The fourth-order valence-corrected chi connectivity index (χ4v) is 2.11. The molecule has 0 aliphatic heterocycles. The van der Waals surface area contributed by atoms with E-state index in [-0.39, 0.29) is 5.69 Å². The molecule has 98 valence electrons. The molecule has 0 aliphatic rings. The Morgan fingerprint density at radius 2 is 2.37 bits per heavy atom. The molecule has 6 nitrogen and oxygen atoms in total. The smallest absolute Gasteiger partial charge is 0.283 e. The zero-order valence-corrected chi connectivity index (χ0v) is 11.1. The molecule has 0 saturated heterocycles. The molecule has 0 amide bonds. The minimum Gasteiger partial charge on any atom is -0.296 e. The first-order valence-electron chi connectivity index (χ1n) is 5.56. The Labute approximate surface area is 114 Å². The minimum atomic E-state index is -0.402. The Hall–Kier alpha value is -2.28. The summed E-state index contributed by atoms with van der Waals surface area (Å²) in [5.74, 6) is 0.445. The lowest BCUT2D eigenvalue weighted by molar-refractivity contribution is -0.384. The van der Waals surface area contributed by atoms with Crippen LogP contribution in [0.4, 0.5) is 5.69 Å². The van der Waals surface area contributed by atoms with E-state index < -0.39 is 4.92 Å². The van der Waals surface area contributed by atoms with Gasteiger partial charge in [0.15, 0.2) is 10.6 Å². The van der Waals surface area contributed by atoms with Crippen molar-refractivity contribution in [2.75, 3.05) is 0 Å². The summed E-state index contributed by atoms with van der Waals surface area (Å²) < 4.78 is 2.08. The molecule has 0 radical (unpaired) electrons. The van der Waals surface area contributed by atoms with Gasteiger partial charge in [-0.25, -0.2) is 0 Å². The number of nitrogens with zero attached hydrogens (tertiary/aromatic N) is 3. The molecule has 0 bridgehead atoms. The second-order valence-corrected chi connectivity index (χ2v) is 4.37. The van der Waals surface area contributed by atoms with E-state index in [1.165, 1.54) is 0 Å². The fraction of sp³-hybridized carbons (Fsp3) is 0.167. The number of rotatable bonds is 4. The number of aromatic nitrogens is 3. The molecular formula is C12H12N4O2S. The van der Waals surface area contributed by atoms with Crippen LogP contribution in [0.15, 0.2) is 30.9 Å². The fourth-order valence-electron chi connectivity index (χ4n) is 1.90.